The predicted octanol–water partition coefficient (Wildman–Crippen LogP) is 1.76. The molecule has 0 radical (unpaired) electrons. The van der Waals surface area contributed by atoms with Crippen LogP contribution in [-0.2, 0) is 13.0 Å². The highest BCUT2D eigenvalue weighted by Gasteiger charge is 2.45. The summed E-state index contributed by atoms with van der Waals surface area (Å²) in [5.74, 6) is -0.628. The molecule has 4 heterocycles. The van der Waals surface area contributed by atoms with Crippen LogP contribution >= 0.6 is 0 Å². The molecular weight excluding hydrogens is 359 g/mol. The largest absolute Gasteiger partial charge is 0.389 e. The highest BCUT2D eigenvalue weighted by Crippen LogP contribution is 2.32. The maximum absolute atomic E-state index is 13.4. The standard InChI is InChI=1S/C21H21FN4O2/c22-16-5-6-19-24-17(12-26(19)11-16)20(28)25-8-7-21(18(27)13-25)9-14-3-1-2-4-15(14)10-23-21/h1-6,11-12,18,23,27H,7-10,13H2/t18-,21+/m1/s1. The molecule has 1 aromatic carbocycles. The van der Waals surface area contributed by atoms with Gasteiger partial charge in [-0.2, -0.15) is 0 Å². The van der Waals surface area contributed by atoms with Crippen molar-refractivity contribution in [3.05, 3.63) is 71.4 Å². The summed E-state index contributed by atoms with van der Waals surface area (Å²) in [6.45, 7) is 1.50. The van der Waals surface area contributed by atoms with Gasteiger partial charge in [0.25, 0.3) is 5.91 Å². The fourth-order valence-electron chi connectivity index (χ4n) is 4.38. The Morgan fingerprint density at radius 3 is 2.86 bits per heavy atom. The minimum absolute atomic E-state index is 0.241. The maximum atomic E-state index is 13.4. The lowest BCUT2D eigenvalue weighted by Crippen LogP contribution is -2.65. The van der Waals surface area contributed by atoms with E-state index in [0.29, 0.717) is 18.6 Å². The van der Waals surface area contributed by atoms with Crippen molar-refractivity contribution in [3.8, 4) is 0 Å². The SMILES string of the molecule is O=C(c1cn2cc(F)ccc2n1)N1CC[C@]2(Cc3ccccc3CN2)[C@H](O)C1. The van der Waals surface area contributed by atoms with E-state index in [0.717, 1.165) is 13.0 Å². The Hall–Kier alpha value is -2.77. The number of pyridine rings is 1. The van der Waals surface area contributed by atoms with Crippen LogP contribution in [0.4, 0.5) is 4.39 Å². The fraction of sp³-hybridized carbons (Fsp3) is 0.333. The Morgan fingerprint density at radius 2 is 2.04 bits per heavy atom. The molecular formula is C21H21FN4O2. The summed E-state index contributed by atoms with van der Waals surface area (Å²) in [7, 11) is 0. The van der Waals surface area contributed by atoms with Gasteiger partial charge < -0.3 is 19.7 Å². The molecule has 2 atom stereocenters. The van der Waals surface area contributed by atoms with Gasteiger partial charge in [0.2, 0.25) is 0 Å². The van der Waals surface area contributed by atoms with E-state index in [4.69, 9.17) is 0 Å². The highest BCUT2D eigenvalue weighted by molar-refractivity contribution is 5.93. The van der Waals surface area contributed by atoms with Crippen LogP contribution in [0.15, 0.2) is 48.8 Å². The zero-order valence-electron chi connectivity index (χ0n) is 15.3. The van der Waals surface area contributed by atoms with E-state index in [1.165, 1.54) is 40.1 Å². The number of benzene rings is 1. The van der Waals surface area contributed by atoms with Crippen LogP contribution in [-0.4, -0.2) is 50.0 Å². The molecule has 5 rings (SSSR count). The van der Waals surface area contributed by atoms with E-state index in [9.17, 15) is 14.3 Å². The molecule has 2 aliphatic rings. The van der Waals surface area contributed by atoms with Crippen LogP contribution in [0.1, 0.15) is 28.0 Å². The van der Waals surface area contributed by atoms with Crippen LogP contribution < -0.4 is 5.32 Å². The number of fused-ring (bicyclic) bond motifs is 2. The van der Waals surface area contributed by atoms with Gasteiger partial charge in [0, 0.05) is 32.0 Å². The van der Waals surface area contributed by atoms with Crippen LogP contribution in [0, 0.1) is 5.82 Å². The summed E-state index contributed by atoms with van der Waals surface area (Å²) in [5, 5.41) is 14.4. The summed E-state index contributed by atoms with van der Waals surface area (Å²) in [4.78, 5) is 18.8. The second kappa shape index (κ2) is 6.39. The molecule has 144 valence electrons. The topological polar surface area (TPSA) is 69.9 Å². The van der Waals surface area contributed by atoms with E-state index in [1.807, 2.05) is 12.1 Å². The van der Waals surface area contributed by atoms with Crippen molar-refractivity contribution in [2.24, 2.45) is 0 Å². The number of halogens is 1. The Bertz CT molecular complexity index is 1070. The number of amides is 1. The Labute approximate surface area is 161 Å². The van der Waals surface area contributed by atoms with Gasteiger partial charge in [-0.15, -0.1) is 0 Å². The number of hydrogen-bond donors (Lipinski definition) is 2. The summed E-state index contributed by atoms with van der Waals surface area (Å²) < 4.78 is 14.9. The molecule has 1 saturated heterocycles. The molecule has 1 amide bonds. The third kappa shape index (κ3) is 2.78. The van der Waals surface area contributed by atoms with Gasteiger partial charge >= 0.3 is 0 Å². The van der Waals surface area contributed by atoms with Gasteiger partial charge in [-0.25, -0.2) is 9.37 Å². The number of aliphatic hydroxyl groups excluding tert-OH is 1. The number of β-amino-alcohol motifs (C(OH)–C–C–N with tert-alkyl or cyclic N) is 1. The zero-order chi connectivity index (χ0) is 19.3. The molecule has 0 unspecified atom stereocenters. The summed E-state index contributed by atoms with van der Waals surface area (Å²) >= 11 is 0. The molecule has 2 aromatic heterocycles. The number of imidazole rings is 1. The first-order valence-electron chi connectivity index (χ1n) is 9.47. The van der Waals surface area contributed by atoms with Crippen molar-refractivity contribution < 1.29 is 14.3 Å². The minimum atomic E-state index is -0.673. The molecule has 2 aliphatic heterocycles. The van der Waals surface area contributed by atoms with Crippen LogP contribution in [0.25, 0.3) is 5.65 Å². The molecule has 0 saturated carbocycles. The van der Waals surface area contributed by atoms with Crippen LogP contribution in [0.5, 0.6) is 0 Å². The fourth-order valence-corrected chi connectivity index (χ4v) is 4.38. The van der Waals surface area contributed by atoms with Gasteiger partial charge in [-0.1, -0.05) is 24.3 Å². The molecule has 2 N–H and O–H groups in total. The van der Waals surface area contributed by atoms with E-state index in [-0.39, 0.29) is 24.0 Å². The van der Waals surface area contributed by atoms with E-state index >= 15 is 0 Å². The number of aliphatic hydroxyl groups is 1. The lowest BCUT2D eigenvalue weighted by molar-refractivity contribution is -0.0140. The van der Waals surface area contributed by atoms with Crippen molar-refractivity contribution in [2.75, 3.05) is 13.1 Å². The van der Waals surface area contributed by atoms with Gasteiger partial charge in [-0.05, 0) is 36.1 Å². The summed E-state index contributed by atoms with van der Waals surface area (Å²) in [5.41, 5.74) is 2.88. The summed E-state index contributed by atoms with van der Waals surface area (Å²) in [6, 6.07) is 11.1. The van der Waals surface area contributed by atoms with Crippen molar-refractivity contribution in [1.82, 2.24) is 19.6 Å². The van der Waals surface area contributed by atoms with Crippen molar-refractivity contribution >= 4 is 11.6 Å². The summed E-state index contributed by atoms with van der Waals surface area (Å²) in [6.07, 6.45) is 3.57. The average molecular weight is 380 g/mol. The van der Waals surface area contributed by atoms with Crippen molar-refractivity contribution in [3.63, 3.8) is 0 Å². The first-order chi connectivity index (χ1) is 13.5. The number of piperidine rings is 1. The number of rotatable bonds is 1. The van der Waals surface area contributed by atoms with Gasteiger partial charge in [-0.3, -0.25) is 4.79 Å². The van der Waals surface area contributed by atoms with E-state index in [1.54, 1.807) is 4.90 Å². The number of likely N-dealkylation sites (tertiary alicyclic amines) is 1. The first kappa shape index (κ1) is 17.3. The molecule has 28 heavy (non-hydrogen) atoms. The zero-order valence-corrected chi connectivity index (χ0v) is 15.3. The normalized spacial score (nSPS) is 24.5. The molecule has 7 heteroatoms. The number of aromatic nitrogens is 2. The first-order valence-corrected chi connectivity index (χ1v) is 9.47. The number of nitrogens with one attached hydrogen (secondary N) is 1. The minimum Gasteiger partial charge on any atom is -0.389 e. The van der Waals surface area contributed by atoms with Crippen molar-refractivity contribution in [2.45, 2.75) is 31.0 Å². The lowest BCUT2D eigenvalue weighted by Gasteiger charge is -2.48. The Morgan fingerprint density at radius 1 is 1.21 bits per heavy atom. The number of nitrogens with zero attached hydrogens (tertiary/aromatic N) is 3. The smallest absolute Gasteiger partial charge is 0.274 e. The monoisotopic (exact) mass is 380 g/mol. The molecule has 1 fully saturated rings. The molecule has 1 spiro atoms. The molecule has 0 aliphatic carbocycles. The predicted molar refractivity (Wildman–Crippen MR) is 101 cm³/mol. The van der Waals surface area contributed by atoms with Gasteiger partial charge in [0.05, 0.1) is 11.6 Å². The van der Waals surface area contributed by atoms with Crippen LogP contribution in [0.3, 0.4) is 0 Å². The molecule has 0 bridgehead atoms. The Kier molecular flexibility index (Phi) is 3.96. The third-order valence-corrected chi connectivity index (χ3v) is 6.04. The lowest BCUT2D eigenvalue weighted by atomic mass is 9.76. The van der Waals surface area contributed by atoms with Crippen molar-refractivity contribution in [1.29, 1.82) is 0 Å². The second-order valence-electron chi connectivity index (χ2n) is 7.71. The number of carbonyl (C=O) groups is 1. The number of carbonyl (C=O) groups excluding carboxylic acids is 1. The Balaban J connectivity index is 1.35. The molecule has 3 aromatic rings. The second-order valence-corrected chi connectivity index (χ2v) is 7.71. The quantitative estimate of drug-likeness (QED) is 0.675. The maximum Gasteiger partial charge on any atom is 0.274 e. The number of hydrogen-bond acceptors (Lipinski definition) is 4. The highest BCUT2D eigenvalue weighted by atomic mass is 19.1. The molecule has 6 nitrogen and oxygen atoms in total. The van der Waals surface area contributed by atoms with E-state index < -0.39 is 11.6 Å². The van der Waals surface area contributed by atoms with Gasteiger partial charge in [0.1, 0.15) is 17.2 Å². The van der Waals surface area contributed by atoms with E-state index in [2.05, 4.69) is 22.4 Å². The third-order valence-electron chi connectivity index (χ3n) is 6.04. The average Bonchev–Trinajstić information content (AvgIpc) is 3.13. The van der Waals surface area contributed by atoms with Gasteiger partial charge in [0.15, 0.2) is 0 Å². The van der Waals surface area contributed by atoms with Crippen LogP contribution in [0.2, 0.25) is 0 Å².